The molecule has 3 heterocycles. The van der Waals surface area contributed by atoms with Crippen LogP contribution in [0.15, 0.2) is 0 Å². The maximum Gasteiger partial charge on any atom is 0.231 e. The Morgan fingerprint density at radius 3 is 1.62 bits per heavy atom. The van der Waals surface area contributed by atoms with E-state index in [1.165, 1.54) is 25.7 Å². The van der Waals surface area contributed by atoms with E-state index in [-0.39, 0.29) is 21.9 Å². The smallest absolute Gasteiger partial charge is 0.231 e. The van der Waals surface area contributed by atoms with Crippen molar-refractivity contribution >= 4 is 17.8 Å². The average Bonchev–Trinajstić information content (AvgIpc) is 2.91. The number of nitrogens with zero attached hydrogens (tertiary/aromatic N) is 4. The molecule has 0 atom stereocenters. The predicted octanol–water partition coefficient (Wildman–Crippen LogP) is 6.36. The average molecular weight is 445 g/mol. The number of fused-ring (bicyclic) bond motifs is 4. The highest BCUT2D eigenvalue weighted by molar-refractivity contribution is 5.46. The van der Waals surface area contributed by atoms with E-state index < -0.39 is 0 Å². The van der Waals surface area contributed by atoms with Crippen LogP contribution < -0.4 is 15.5 Å². The van der Waals surface area contributed by atoms with Gasteiger partial charge in [-0.3, -0.25) is 0 Å². The molecule has 6 nitrogen and oxygen atoms in total. The van der Waals surface area contributed by atoms with Gasteiger partial charge in [-0.05, 0) is 82.5 Å². The van der Waals surface area contributed by atoms with Crippen LogP contribution in [0.3, 0.4) is 0 Å². The lowest BCUT2D eigenvalue weighted by atomic mass is 9.76. The van der Waals surface area contributed by atoms with Gasteiger partial charge in [0.1, 0.15) is 0 Å². The maximum absolute atomic E-state index is 4.96. The molecule has 3 fully saturated rings. The zero-order valence-electron chi connectivity index (χ0n) is 22.4. The molecule has 4 rings (SSSR count). The number of aromatic nitrogens is 3. The molecule has 0 unspecified atom stereocenters. The van der Waals surface area contributed by atoms with E-state index >= 15 is 0 Å². The number of rotatable bonds is 6. The molecule has 0 radical (unpaired) electrons. The van der Waals surface area contributed by atoms with Gasteiger partial charge < -0.3 is 15.5 Å². The van der Waals surface area contributed by atoms with Crippen LogP contribution in [-0.4, -0.2) is 39.1 Å². The third-order valence-corrected chi connectivity index (χ3v) is 7.55. The fourth-order valence-electron chi connectivity index (χ4n) is 5.22. The van der Waals surface area contributed by atoms with Crippen molar-refractivity contribution in [2.75, 3.05) is 28.6 Å². The molecule has 3 aliphatic rings. The van der Waals surface area contributed by atoms with Crippen LogP contribution >= 0.6 is 0 Å². The second kappa shape index (κ2) is 8.64. The van der Waals surface area contributed by atoms with Gasteiger partial charge in [-0.15, -0.1) is 0 Å². The topological polar surface area (TPSA) is 66.0 Å². The Balaban J connectivity index is 1.94. The molecule has 32 heavy (non-hydrogen) atoms. The monoisotopic (exact) mass is 444 g/mol. The van der Waals surface area contributed by atoms with Crippen LogP contribution in [0.4, 0.5) is 17.8 Å². The predicted molar refractivity (Wildman–Crippen MR) is 136 cm³/mol. The van der Waals surface area contributed by atoms with Crippen LogP contribution in [0, 0.1) is 22.7 Å². The minimum Gasteiger partial charge on any atom is -0.349 e. The molecule has 2 bridgehead atoms. The first-order valence-electron chi connectivity index (χ1n) is 12.6. The Kier molecular flexibility index (Phi) is 6.76. The minimum absolute atomic E-state index is 0.0562. The summed E-state index contributed by atoms with van der Waals surface area (Å²) < 4.78 is 0. The molecule has 6 heteroatoms. The minimum atomic E-state index is -0.165. The van der Waals surface area contributed by atoms with Gasteiger partial charge in [0.2, 0.25) is 17.8 Å². The van der Waals surface area contributed by atoms with Gasteiger partial charge in [-0.25, -0.2) is 0 Å². The summed E-state index contributed by atoms with van der Waals surface area (Å²) in [4.78, 5) is 17.2. The van der Waals surface area contributed by atoms with Crippen molar-refractivity contribution in [3.05, 3.63) is 0 Å². The maximum atomic E-state index is 4.96. The van der Waals surface area contributed by atoms with Gasteiger partial charge in [0.25, 0.3) is 0 Å². The van der Waals surface area contributed by atoms with Crippen LogP contribution in [0.5, 0.6) is 0 Å². The standard InChI is InChI=1S/C26H48N6/c1-23(2,3)17-25(7,8)30-20-27-21(31-26(9,10)24(4,5)6)29-22(28-20)32-15-18-11-12-19(16-32)14-13-18/h18-19H,11-17H2,1-10H3,(H2,27,28,29,30,31). The number of hydrogen-bond acceptors (Lipinski definition) is 6. The Morgan fingerprint density at radius 2 is 1.19 bits per heavy atom. The van der Waals surface area contributed by atoms with Gasteiger partial charge in [0.05, 0.1) is 0 Å². The van der Waals surface area contributed by atoms with E-state index in [0.29, 0.717) is 11.9 Å². The van der Waals surface area contributed by atoms with Crippen molar-refractivity contribution < 1.29 is 0 Å². The summed E-state index contributed by atoms with van der Waals surface area (Å²) in [6.07, 6.45) is 6.40. The van der Waals surface area contributed by atoms with Crippen molar-refractivity contribution in [3.63, 3.8) is 0 Å². The molecule has 182 valence electrons. The van der Waals surface area contributed by atoms with E-state index in [2.05, 4.69) is 84.8 Å². The lowest BCUT2D eigenvalue weighted by Crippen LogP contribution is -2.45. The molecule has 2 aliphatic heterocycles. The lowest BCUT2D eigenvalue weighted by molar-refractivity contribution is 0.253. The quantitative estimate of drug-likeness (QED) is 0.532. The molecular formula is C26H48N6. The van der Waals surface area contributed by atoms with E-state index in [9.17, 15) is 0 Å². The first-order valence-corrected chi connectivity index (χ1v) is 12.6. The summed E-state index contributed by atoms with van der Waals surface area (Å²) in [6.45, 7) is 24.6. The fraction of sp³-hybridized carbons (Fsp3) is 0.885. The second-order valence-electron chi connectivity index (χ2n) is 13.8. The normalized spacial score (nSPS) is 22.6. The van der Waals surface area contributed by atoms with Gasteiger partial charge >= 0.3 is 0 Å². The van der Waals surface area contributed by atoms with Gasteiger partial charge in [-0.1, -0.05) is 41.5 Å². The molecule has 0 spiro atoms. The zero-order chi connectivity index (χ0) is 23.9. The Hall–Kier alpha value is -1.59. The van der Waals surface area contributed by atoms with Crippen molar-refractivity contribution in [3.8, 4) is 0 Å². The summed E-state index contributed by atoms with van der Waals surface area (Å²) in [6, 6.07) is 0. The van der Waals surface area contributed by atoms with Gasteiger partial charge in [-0.2, -0.15) is 15.0 Å². The highest BCUT2D eigenvalue weighted by atomic mass is 15.3. The zero-order valence-corrected chi connectivity index (χ0v) is 22.4. The van der Waals surface area contributed by atoms with Gasteiger partial charge in [0, 0.05) is 24.2 Å². The SMILES string of the molecule is CC(C)(C)CC(C)(C)Nc1nc(NC(C)(C)C(C)(C)C)nc(N2CC3CCC(CC3)C2)n1. The summed E-state index contributed by atoms with van der Waals surface area (Å²) in [5.41, 5.74) is -0.0145. The fourth-order valence-corrected chi connectivity index (χ4v) is 5.22. The van der Waals surface area contributed by atoms with E-state index in [1.54, 1.807) is 0 Å². The summed E-state index contributed by atoms with van der Waals surface area (Å²) >= 11 is 0. The molecule has 1 aromatic rings. The first-order chi connectivity index (χ1) is 14.5. The van der Waals surface area contributed by atoms with E-state index in [4.69, 9.17) is 15.0 Å². The van der Waals surface area contributed by atoms with E-state index in [0.717, 1.165) is 37.3 Å². The summed E-state index contributed by atoms with van der Waals surface area (Å²) in [5, 5.41) is 7.28. The number of hydrogen-bond donors (Lipinski definition) is 2. The molecular weight excluding hydrogens is 396 g/mol. The third-order valence-electron chi connectivity index (χ3n) is 7.55. The Bertz CT molecular complexity index is 764. The number of anilines is 3. The second-order valence-corrected chi connectivity index (χ2v) is 13.8. The molecule has 1 saturated carbocycles. The molecule has 1 aliphatic carbocycles. The summed E-state index contributed by atoms with van der Waals surface area (Å²) in [5.74, 6) is 3.69. The third kappa shape index (κ3) is 6.48. The van der Waals surface area contributed by atoms with Crippen LogP contribution in [-0.2, 0) is 0 Å². The molecule has 1 aromatic heterocycles. The summed E-state index contributed by atoms with van der Waals surface area (Å²) in [7, 11) is 0. The lowest BCUT2D eigenvalue weighted by Gasteiger charge is -2.40. The highest BCUT2D eigenvalue weighted by Crippen LogP contribution is 2.37. The Morgan fingerprint density at radius 1 is 0.719 bits per heavy atom. The van der Waals surface area contributed by atoms with E-state index in [1.807, 2.05) is 0 Å². The number of nitrogens with one attached hydrogen (secondary N) is 2. The Labute approximate surface area is 196 Å². The van der Waals surface area contributed by atoms with Crippen LogP contribution in [0.25, 0.3) is 0 Å². The molecule has 0 aromatic carbocycles. The van der Waals surface area contributed by atoms with Crippen molar-refractivity contribution in [2.45, 2.75) is 112 Å². The van der Waals surface area contributed by atoms with Crippen molar-refractivity contribution in [2.24, 2.45) is 22.7 Å². The largest absolute Gasteiger partial charge is 0.349 e. The molecule has 0 amide bonds. The van der Waals surface area contributed by atoms with Crippen LogP contribution in [0.1, 0.15) is 101 Å². The van der Waals surface area contributed by atoms with Gasteiger partial charge in [0.15, 0.2) is 0 Å². The van der Waals surface area contributed by atoms with Crippen molar-refractivity contribution in [1.29, 1.82) is 0 Å². The highest BCUT2D eigenvalue weighted by Gasteiger charge is 2.35. The molecule has 2 N–H and O–H groups in total. The first kappa shape index (κ1) is 25.0. The van der Waals surface area contributed by atoms with Crippen LogP contribution in [0.2, 0.25) is 0 Å². The molecule has 2 saturated heterocycles. The van der Waals surface area contributed by atoms with Crippen molar-refractivity contribution in [1.82, 2.24) is 15.0 Å².